The van der Waals surface area contributed by atoms with Crippen LogP contribution in [0, 0.1) is 18.3 Å². The van der Waals surface area contributed by atoms with E-state index in [-0.39, 0.29) is 11.4 Å². The van der Waals surface area contributed by atoms with Crippen LogP contribution in [0.3, 0.4) is 0 Å². The Morgan fingerprint density at radius 2 is 1.70 bits per heavy atom. The Kier molecular flexibility index (Phi) is 7.59. The van der Waals surface area contributed by atoms with Crippen LogP contribution in [0.5, 0.6) is 5.75 Å². The predicted molar refractivity (Wildman–Crippen MR) is 179 cm³/mol. The first-order valence-electron chi connectivity index (χ1n) is 15.4. The summed E-state index contributed by atoms with van der Waals surface area (Å²) in [6, 6.07) is 26.9. The van der Waals surface area contributed by atoms with E-state index in [1.807, 2.05) is 80.6 Å². The van der Waals surface area contributed by atoms with Crippen LogP contribution in [-0.2, 0) is 15.6 Å². The second-order valence-electron chi connectivity index (χ2n) is 11.6. The van der Waals surface area contributed by atoms with Crippen LogP contribution in [0.4, 0.5) is 11.4 Å². The number of nitriles is 1. The van der Waals surface area contributed by atoms with E-state index in [4.69, 9.17) is 4.74 Å². The molecule has 232 valence electrons. The number of piperazine rings is 1. The average molecular weight is 631 g/mol. The number of aryl methyl sites for hydroxylation is 1. The highest BCUT2D eigenvalue weighted by atomic mass is 32.2. The Morgan fingerprint density at radius 1 is 0.913 bits per heavy atom. The number of para-hydroxylation sites is 1. The fourth-order valence-electron chi connectivity index (χ4n) is 7.06. The molecular weight excluding hydrogens is 597 g/mol. The average Bonchev–Trinajstić information content (AvgIpc) is 3.45. The van der Waals surface area contributed by atoms with Crippen molar-refractivity contribution in [1.29, 1.82) is 5.26 Å². The molecule has 1 saturated heterocycles. The Labute approximate surface area is 269 Å². The number of hydrogen-bond acceptors (Lipinski definition) is 8. The van der Waals surface area contributed by atoms with Crippen molar-refractivity contribution >= 4 is 32.3 Å². The van der Waals surface area contributed by atoms with Gasteiger partial charge in [0, 0.05) is 67.0 Å². The summed E-state index contributed by atoms with van der Waals surface area (Å²) in [7, 11) is -4.12. The molecule has 0 amide bonds. The monoisotopic (exact) mass is 630 g/mol. The molecule has 0 aliphatic carbocycles. The largest absolute Gasteiger partial charge is 0.494 e. The van der Waals surface area contributed by atoms with Gasteiger partial charge in [0.15, 0.2) is 0 Å². The molecule has 0 spiro atoms. The number of rotatable bonds is 7. The van der Waals surface area contributed by atoms with E-state index in [0.717, 1.165) is 35.3 Å². The van der Waals surface area contributed by atoms with Gasteiger partial charge in [0.05, 0.1) is 41.5 Å². The van der Waals surface area contributed by atoms with E-state index in [0.29, 0.717) is 47.8 Å². The van der Waals surface area contributed by atoms with Gasteiger partial charge in [-0.05, 0) is 61.9 Å². The van der Waals surface area contributed by atoms with E-state index in [9.17, 15) is 13.7 Å². The van der Waals surface area contributed by atoms with Crippen LogP contribution in [0.15, 0.2) is 102 Å². The molecule has 1 atom stereocenters. The summed E-state index contributed by atoms with van der Waals surface area (Å²) in [5.41, 5.74) is 3.89. The summed E-state index contributed by atoms with van der Waals surface area (Å²) in [6.07, 6.45) is 5.22. The Balaban J connectivity index is 1.43. The molecule has 1 fully saturated rings. The number of nitrogens with zero attached hydrogens (tertiary/aromatic N) is 6. The van der Waals surface area contributed by atoms with Gasteiger partial charge in [-0.15, -0.1) is 0 Å². The summed E-state index contributed by atoms with van der Waals surface area (Å²) in [5, 5.41) is 10.8. The second kappa shape index (κ2) is 11.7. The van der Waals surface area contributed by atoms with E-state index < -0.39 is 15.6 Å². The van der Waals surface area contributed by atoms with Crippen LogP contribution in [0.2, 0.25) is 0 Å². The molecule has 0 radical (unpaired) electrons. The third kappa shape index (κ3) is 4.75. The maximum atomic E-state index is 15.0. The normalized spacial score (nSPS) is 18.4. The van der Waals surface area contributed by atoms with Gasteiger partial charge in [-0.1, -0.05) is 36.4 Å². The topological polar surface area (TPSA) is 103 Å². The van der Waals surface area contributed by atoms with Crippen molar-refractivity contribution in [3.63, 3.8) is 0 Å². The van der Waals surface area contributed by atoms with Crippen molar-refractivity contribution in [1.82, 2.24) is 14.9 Å². The van der Waals surface area contributed by atoms with Gasteiger partial charge in [0.25, 0.3) is 10.0 Å². The zero-order chi connectivity index (χ0) is 31.9. The molecule has 0 bridgehead atoms. The lowest BCUT2D eigenvalue weighted by atomic mass is 9.81. The highest BCUT2D eigenvalue weighted by molar-refractivity contribution is 7.93. The van der Waals surface area contributed by atoms with Gasteiger partial charge in [0.1, 0.15) is 10.6 Å². The first kappa shape index (κ1) is 29.7. The SMILES string of the molecule is CCOc1ccccc1C1(N2CCN(c3ccncc3)CC2)CN(S(=O)(=O)c2c(C)ccc3cccnc23)c2ccc(C#N)cc21. The van der Waals surface area contributed by atoms with Gasteiger partial charge in [-0.25, -0.2) is 8.42 Å². The summed E-state index contributed by atoms with van der Waals surface area (Å²) >= 11 is 0. The standard InChI is InChI=1S/C36H34N6O3S/c1-3-45-33-9-5-4-8-30(33)36(41-21-19-40(20-22-41)29-14-17-38-18-15-29)25-42(32-13-11-27(24-37)23-31(32)36)46(43,44)35-26(2)10-12-28-7-6-16-39-34(28)35/h4-18,23H,3,19-22,25H2,1-2H3. The third-order valence-corrected chi connectivity index (χ3v) is 11.1. The van der Waals surface area contributed by atoms with E-state index in [1.54, 1.807) is 30.7 Å². The first-order valence-corrected chi connectivity index (χ1v) is 16.9. The van der Waals surface area contributed by atoms with E-state index >= 15 is 0 Å². The summed E-state index contributed by atoms with van der Waals surface area (Å²) in [5.74, 6) is 0.692. The lowest BCUT2D eigenvalue weighted by Gasteiger charge is -2.47. The van der Waals surface area contributed by atoms with Gasteiger partial charge in [0.2, 0.25) is 0 Å². The molecule has 9 nitrogen and oxygen atoms in total. The van der Waals surface area contributed by atoms with Crippen molar-refractivity contribution in [2.24, 2.45) is 0 Å². The van der Waals surface area contributed by atoms with Crippen LogP contribution < -0.4 is 13.9 Å². The molecule has 46 heavy (non-hydrogen) atoms. The van der Waals surface area contributed by atoms with Crippen molar-refractivity contribution in [3.05, 3.63) is 120 Å². The summed E-state index contributed by atoms with van der Waals surface area (Å²) in [4.78, 5) is 13.6. The third-order valence-electron chi connectivity index (χ3n) is 9.17. The second-order valence-corrected chi connectivity index (χ2v) is 13.4. The fourth-order valence-corrected chi connectivity index (χ4v) is 8.95. The zero-order valence-corrected chi connectivity index (χ0v) is 26.6. The zero-order valence-electron chi connectivity index (χ0n) is 25.8. The summed E-state index contributed by atoms with van der Waals surface area (Å²) in [6.45, 7) is 7.10. The highest BCUT2D eigenvalue weighted by Crippen LogP contribution is 2.52. The molecule has 3 aromatic carbocycles. The highest BCUT2D eigenvalue weighted by Gasteiger charge is 2.54. The number of aromatic nitrogens is 2. The molecule has 0 saturated carbocycles. The Morgan fingerprint density at radius 3 is 2.46 bits per heavy atom. The van der Waals surface area contributed by atoms with Gasteiger partial charge in [-0.3, -0.25) is 19.2 Å². The number of hydrogen-bond donors (Lipinski definition) is 0. The smallest absolute Gasteiger partial charge is 0.266 e. The molecule has 2 aliphatic heterocycles. The predicted octanol–water partition coefficient (Wildman–Crippen LogP) is 5.48. The minimum absolute atomic E-state index is 0.113. The summed E-state index contributed by atoms with van der Waals surface area (Å²) < 4.78 is 37.7. The lowest BCUT2D eigenvalue weighted by molar-refractivity contribution is 0.124. The molecular formula is C36H34N6O3S. The quantitative estimate of drug-likeness (QED) is 0.233. The number of benzene rings is 3. The van der Waals surface area contributed by atoms with Crippen molar-refractivity contribution in [2.45, 2.75) is 24.3 Å². The number of fused-ring (bicyclic) bond motifs is 2. The minimum atomic E-state index is -4.12. The van der Waals surface area contributed by atoms with Crippen LogP contribution in [-0.4, -0.2) is 62.6 Å². The van der Waals surface area contributed by atoms with Crippen LogP contribution in [0.1, 0.15) is 29.2 Å². The van der Waals surface area contributed by atoms with Gasteiger partial charge >= 0.3 is 0 Å². The maximum absolute atomic E-state index is 15.0. The molecule has 10 heteroatoms. The van der Waals surface area contributed by atoms with E-state index in [2.05, 4.69) is 25.8 Å². The van der Waals surface area contributed by atoms with Crippen LogP contribution >= 0.6 is 0 Å². The van der Waals surface area contributed by atoms with Crippen molar-refractivity contribution < 1.29 is 13.2 Å². The lowest BCUT2D eigenvalue weighted by Crippen LogP contribution is -2.58. The molecule has 0 N–H and O–H groups in total. The minimum Gasteiger partial charge on any atom is -0.494 e. The Hall–Kier alpha value is -4.98. The number of sulfonamides is 1. The molecule has 4 heterocycles. The van der Waals surface area contributed by atoms with Crippen LogP contribution in [0.25, 0.3) is 10.9 Å². The molecule has 2 aromatic heterocycles. The first-order chi connectivity index (χ1) is 22.4. The van der Waals surface area contributed by atoms with Gasteiger partial charge in [-0.2, -0.15) is 5.26 Å². The Bertz CT molecular complexity index is 2070. The van der Waals surface area contributed by atoms with E-state index in [1.165, 1.54) is 4.31 Å². The molecule has 1 unspecified atom stereocenters. The molecule has 2 aliphatic rings. The van der Waals surface area contributed by atoms with Crippen molar-refractivity contribution in [2.75, 3.05) is 48.5 Å². The van der Waals surface area contributed by atoms with Crippen molar-refractivity contribution in [3.8, 4) is 11.8 Å². The number of ether oxygens (including phenoxy) is 1. The molecule has 5 aromatic rings. The fraction of sp³-hybridized carbons (Fsp3) is 0.250. The van der Waals surface area contributed by atoms with Gasteiger partial charge < -0.3 is 9.64 Å². The number of pyridine rings is 2. The maximum Gasteiger partial charge on any atom is 0.266 e. The number of anilines is 2. The molecule has 7 rings (SSSR count).